The minimum Gasteiger partial charge on any atom is -0.369 e. The highest BCUT2D eigenvalue weighted by Crippen LogP contribution is 2.36. The van der Waals surface area contributed by atoms with Gasteiger partial charge in [0.15, 0.2) is 16.5 Å². The molecule has 1 aromatic carbocycles. The van der Waals surface area contributed by atoms with E-state index in [1.807, 2.05) is 4.72 Å². The Balaban J connectivity index is 2.00. The maximum absolute atomic E-state index is 14.6. The summed E-state index contributed by atoms with van der Waals surface area (Å²) in [7, 11) is -2.83. The van der Waals surface area contributed by atoms with Crippen molar-refractivity contribution in [2.45, 2.75) is 17.4 Å². The Kier molecular flexibility index (Phi) is 5.14. The van der Waals surface area contributed by atoms with Crippen LogP contribution in [0.15, 0.2) is 21.9 Å². The quantitative estimate of drug-likeness (QED) is 0.744. The Labute approximate surface area is 152 Å². The van der Waals surface area contributed by atoms with E-state index in [0.29, 0.717) is 6.54 Å². The molecule has 1 saturated heterocycles. The Morgan fingerprint density at radius 3 is 2.84 bits per heavy atom. The second-order valence-electron chi connectivity index (χ2n) is 5.57. The van der Waals surface area contributed by atoms with Gasteiger partial charge in [-0.15, -0.1) is 11.3 Å². The number of likely N-dealkylation sites (N-methyl/N-ethyl adjacent to an activating group) is 1. The molecule has 1 atom stereocenters. The molecule has 1 aliphatic heterocycles. The summed E-state index contributed by atoms with van der Waals surface area (Å²) in [6.45, 7) is 1.45. The van der Waals surface area contributed by atoms with Gasteiger partial charge in [-0.05, 0) is 13.0 Å². The van der Waals surface area contributed by atoms with E-state index in [1.165, 1.54) is 10.9 Å². The van der Waals surface area contributed by atoms with Crippen LogP contribution in [0.2, 0.25) is 5.02 Å². The molecular formula is C14H15ClF2N4O2S2. The summed E-state index contributed by atoms with van der Waals surface area (Å²) in [4.78, 5) is 4.28. The zero-order valence-electron chi connectivity index (χ0n) is 13.1. The molecule has 1 unspecified atom stereocenters. The summed E-state index contributed by atoms with van der Waals surface area (Å²) in [5.41, 5.74) is 1.50. The van der Waals surface area contributed by atoms with Crippen molar-refractivity contribution in [1.29, 1.82) is 0 Å². The van der Waals surface area contributed by atoms with Crippen LogP contribution in [0.25, 0.3) is 0 Å². The SMILES string of the molecule is CN(c1cc(F)c(S(=O)(=O)Nc2cscn2)c(F)c1Cl)C1CCNC1. The number of halogens is 3. The summed E-state index contributed by atoms with van der Waals surface area (Å²) in [5.74, 6) is -2.55. The van der Waals surface area contributed by atoms with Gasteiger partial charge in [-0.3, -0.25) is 4.72 Å². The molecule has 25 heavy (non-hydrogen) atoms. The summed E-state index contributed by atoms with van der Waals surface area (Å²) < 4.78 is 55.8. The minimum absolute atomic E-state index is 0.0156. The number of nitrogens with one attached hydrogen (secondary N) is 2. The predicted octanol–water partition coefficient (Wildman–Crippen LogP) is 2.67. The maximum atomic E-state index is 14.6. The van der Waals surface area contributed by atoms with E-state index >= 15 is 0 Å². The summed E-state index contributed by atoms with van der Waals surface area (Å²) >= 11 is 7.17. The number of sulfonamides is 1. The van der Waals surface area contributed by atoms with Gasteiger partial charge in [0, 0.05) is 31.1 Å². The first kappa shape index (κ1) is 18.3. The third-order valence-corrected chi connectivity index (χ3v) is 6.33. The highest BCUT2D eigenvalue weighted by molar-refractivity contribution is 7.92. The smallest absolute Gasteiger partial charge is 0.268 e. The van der Waals surface area contributed by atoms with Crippen molar-refractivity contribution in [3.63, 3.8) is 0 Å². The summed E-state index contributed by atoms with van der Waals surface area (Å²) in [5, 5.41) is 4.12. The number of thiazole rings is 1. The number of rotatable bonds is 5. The second-order valence-corrected chi connectivity index (χ2v) is 8.29. The van der Waals surface area contributed by atoms with E-state index in [0.717, 1.165) is 30.4 Å². The molecule has 11 heteroatoms. The van der Waals surface area contributed by atoms with Gasteiger partial charge in [0.05, 0.1) is 11.2 Å². The molecule has 2 N–H and O–H groups in total. The van der Waals surface area contributed by atoms with E-state index in [4.69, 9.17) is 11.6 Å². The predicted molar refractivity (Wildman–Crippen MR) is 94.0 cm³/mol. The zero-order chi connectivity index (χ0) is 18.2. The van der Waals surface area contributed by atoms with E-state index in [9.17, 15) is 17.2 Å². The van der Waals surface area contributed by atoms with Gasteiger partial charge in [0.2, 0.25) is 0 Å². The molecule has 0 saturated carbocycles. The molecule has 2 heterocycles. The largest absolute Gasteiger partial charge is 0.369 e. The molecule has 1 aromatic heterocycles. The van der Waals surface area contributed by atoms with Crippen molar-refractivity contribution in [2.75, 3.05) is 29.8 Å². The van der Waals surface area contributed by atoms with Crippen molar-refractivity contribution in [3.8, 4) is 0 Å². The number of anilines is 2. The molecule has 2 aromatic rings. The number of aromatic nitrogens is 1. The van der Waals surface area contributed by atoms with Crippen LogP contribution in [0.4, 0.5) is 20.3 Å². The summed E-state index contributed by atoms with van der Waals surface area (Å²) in [6.07, 6.45) is 0.793. The van der Waals surface area contributed by atoms with Crippen molar-refractivity contribution < 1.29 is 17.2 Å². The van der Waals surface area contributed by atoms with E-state index < -0.39 is 31.6 Å². The van der Waals surface area contributed by atoms with Crippen molar-refractivity contribution in [1.82, 2.24) is 10.3 Å². The van der Waals surface area contributed by atoms with Crippen LogP contribution >= 0.6 is 22.9 Å². The van der Waals surface area contributed by atoms with E-state index in [-0.39, 0.29) is 17.5 Å². The van der Waals surface area contributed by atoms with Gasteiger partial charge in [-0.2, -0.15) is 0 Å². The van der Waals surface area contributed by atoms with Crippen molar-refractivity contribution in [3.05, 3.63) is 33.6 Å². The first-order valence-corrected chi connectivity index (χ1v) is 10.1. The lowest BCUT2D eigenvalue weighted by Crippen LogP contribution is -2.34. The molecule has 6 nitrogen and oxygen atoms in total. The van der Waals surface area contributed by atoms with Crippen LogP contribution < -0.4 is 14.9 Å². The Bertz CT molecular complexity index is 871. The molecule has 1 fully saturated rings. The number of hydrogen-bond donors (Lipinski definition) is 2. The molecule has 136 valence electrons. The van der Waals surface area contributed by atoms with Gasteiger partial charge in [0.25, 0.3) is 10.0 Å². The van der Waals surface area contributed by atoms with Gasteiger partial charge in [0.1, 0.15) is 10.8 Å². The monoisotopic (exact) mass is 408 g/mol. The number of nitrogens with zero attached hydrogens (tertiary/aromatic N) is 2. The lowest BCUT2D eigenvalue weighted by molar-refractivity contribution is 0.520. The van der Waals surface area contributed by atoms with E-state index in [1.54, 1.807) is 11.9 Å². The molecule has 3 rings (SSSR count). The van der Waals surface area contributed by atoms with Crippen LogP contribution in [0, 0.1) is 11.6 Å². The van der Waals surface area contributed by atoms with Crippen LogP contribution in [-0.2, 0) is 10.0 Å². The fourth-order valence-corrected chi connectivity index (χ4v) is 4.73. The van der Waals surface area contributed by atoms with Crippen molar-refractivity contribution in [2.24, 2.45) is 0 Å². The average molecular weight is 409 g/mol. The maximum Gasteiger partial charge on any atom is 0.268 e. The fraction of sp³-hybridized carbons (Fsp3) is 0.357. The Morgan fingerprint density at radius 2 is 2.24 bits per heavy atom. The number of benzene rings is 1. The third-order valence-electron chi connectivity index (χ3n) is 4.00. The van der Waals surface area contributed by atoms with Crippen LogP contribution in [-0.4, -0.2) is 39.6 Å². The van der Waals surface area contributed by atoms with Gasteiger partial charge >= 0.3 is 0 Å². The zero-order valence-corrected chi connectivity index (χ0v) is 15.5. The van der Waals surface area contributed by atoms with Crippen LogP contribution in [0.3, 0.4) is 0 Å². The van der Waals surface area contributed by atoms with Crippen LogP contribution in [0.1, 0.15) is 6.42 Å². The Hall–Kier alpha value is -1.49. The molecular weight excluding hydrogens is 394 g/mol. The molecule has 0 radical (unpaired) electrons. The summed E-state index contributed by atoms with van der Waals surface area (Å²) in [6, 6.07) is 0.964. The third kappa shape index (κ3) is 3.57. The molecule has 0 spiro atoms. The first-order valence-electron chi connectivity index (χ1n) is 7.33. The van der Waals surface area contributed by atoms with E-state index in [2.05, 4.69) is 10.3 Å². The average Bonchev–Trinajstić information content (AvgIpc) is 3.22. The highest BCUT2D eigenvalue weighted by Gasteiger charge is 2.31. The molecule has 0 amide bonds. The molecule has 0 bridgehead atoms. The standard InChI is InChI=1S/C14H15ClF2N4O2S2/c1-21(8-2-3-18-5-8)10-4-9(16)14(13(17)12(10)15)25(22,23)20-11-6-24-7-19-11/h4,6-8,18,20H,2-3,5H2,1H3. The van der Waals surface area contributed by atoms with Gasteiger partial charge in [-0.25, -0.2) is 22.2 Å². The first-order chi connectivity index (χ1) is 11.8. The normalized spacial score (nSPS) is 17.7. The van der Waals surface area contributed by atoms with Gasteiger partial charge < -0.3 is 10.2 Å². The number of hydrogen-bond acceptors (Lipinski definition) is 6. The minimum atomic E-state index is -4.50. The molecule has 0 aliphatic carbocycles. The highest BCUT2D eigenvalue weighted by atomic mass is 35.5. The molecule has 1 aliphatic rings. The second kappa shape index (κ2) is 7.02. The fourth-order valence-electron chi connectivity index (χ4n) is 2.69. The lowest BCUT2D eigenvalue weighted by atomic mass is 10.2. The van der Waals surface area contributed by atoms with Crippen LogP contribution in [0.5, 0.6) is 0 Å². The lowest BCUT2D eigenvalue weighted by Gasteiger charge is -2.27. The van der Waals surface area contributed by atoms with Crippen molar-refractivity contribution >= 4 is 44.5 Å². The Morgan fingerprint density at radius 1 is 1.48 bits per heavy atom. The topological polar surface area (TPSA) is 74.3 Å². The van der Waals surface area contributed by atoms with Gasteiger partial charge in [-0.1, -0.05) is 11.6 Å².